The molecule has 0 radical (unpaired) electrons. The minimum absolute atomic E-state index is 0.235. The van der Waals surface area contributed by atoms with Gasteiger partial charge in [0.2, 0.25) is 0 Å². The van der Waals surface area contributed by atoms with E-state index in [4.69, 9.17) is 14.2 Å². The van der Waals surface area contributed by atoms with E-state index in [9.17, 15) is 9.18 Å². The third kappa shape index (κ3) is 5.48. The third-order valence-electron chi connectivity index (χ3n) is 4.18. The maximum Gasteiger partial charge on any atom is 0.255 e. The number of benzene rings is 3. The molecule has 0 aliphatic carbocycles. The molecule has 0 fully saturated rings. The lowest BCUT2D eigenvalue weighted by atomic mass is 10.1. The monoisotopic (exact) mass is 395 g/mol. The first kappa shape index (κ1) is 20.2. The zero-order valence-electron chi connectivity index (χ0n) is 16.3. The van der Waals surface area contributed by atoms with Gasteiger partial charge in [0, 0.05) is 16.8 Å². The number of carbonyl (C=O) groups is 1. The van der Waals surface area contributed by atoms with E-state index in [0.717, 1.165) is 11.3 Å². The molecule has 0 heterocycles. The van der Waals surface area contributed by atoms with Crippen molar-refractivity contribution in [2.24, 2.45) is 0 Å². The Hall–Kier alpha value is -3.54. The van der Waals surface area contributed by atoms with E-state index >= 15 is 0 Å². The van der Waals surface area contributed by atoms with Crippen LogP contribution in [0.2, 0.25) is 0 Å². The Morgan fingerprint density at radius 2 is 1.62 bits per heavy atom. The van der Waals surface area contributed by atoms with Crippen molar-refractivity contribution in [1.29, 1.82) is 0 Å². The lowest BCUT2D eigenvalue weighted by molar-refractivity contribution is 0.102. The van der Waals surface area contributed by atoms with E-state index in [1.54, 1.807) is 25.3 Å². The lowest BCUT2D eigenvalue weighted by Crippen LogP contribution is -2.13. The molecule has 6 heteroatoms. The lowest BCUT2D eigenvalue weighted by Gasteiger charge is -2.14. The van der Waals surface area contributed by atoms with E-state index in [2.05, 4.69) is 5.32 Å². The van der Waals surface area contributed by atoms with Crippen LogP contribution < -0.4 is 19.5 Å². The topological polar surface area (TPSA) is 56.8 Å². The summed E-state index contributed by atoms with van der Waals surface area (Å²) in [4.78, 5) is 12.6. The summed E-state index contributed by atoms with van der Waals surface area (Å²) in [6.07, 6.45) is 0. The van der Waals surface area contributed by atoms with Crippen LogP contribution in [0.3, 0.4) is 0 Å². The zero-order valence-corrected chi connectivity index (χ0v) is 16.3. The van der Waals surface area contributed by atoms with Gasteiger partial charge in [0.15, 0.2) is 0 Å². The van der Waals surface area contributed by atoms with Gasteiger partial charge in [-0.2, -0.15) is 0 Å². The van der Waals surface area contributed by atoms with Crippen molar-refractivity contribution in [1.82, 2.24) is 0 Å². The normalized spacial score (nSPS) is 10.3. The molecule has 0 aromatic heterocycles. The number of carbonyl (C=O) groups excluding carboxylic acids is 1. The van der Waals surface area contributed by atoms with E-state index in [0.29, 0.717) is 29.4 Å². The Labute approximate surface area is 169 Å². The molecule has 1 N–H and O–H groups in total. The van der Waals surface area contributed by atoms with Crippen LogP contribution in [0.4, 0.5) is 10.1 Å². The molecule has 0 unspecified atom stereocenters. The molecule has 0 aliphatic rings. The second kappa shape index (κ2) is 9.59. The van der Waals surface area contributed by atoms with Gasteiger partial charge in [0.05, 0.1) is 13.7 Å². The zero-order chi connectivity index (χ0) is 20.6. The van der Waals surface area contributed by atoms with Crippen LogP contribution in [0.1, 0.15) is 22.8 Å². The summed E-state index contributed by atoms with van der Waals surface area (Å²) in [5.41, 5.74) is 1.71. The highest BCUT2D eigenvalue weighted by molar-refractivity contribution is 6.04. The second-order valence-corrected chi connectivity index (χ2v) is 6.18. The molecule has 150 valence electrons. The number of amides is 1. The molecule has 3 aromatic rings. The number of halogens is 1. The van der Waals surface area contributed by atoms with E-state index in [1.807, 2.05) is 31.2 Å². The summed E-state index contributed by atoms with van der Waals surface area (Å²) in [7, 11) is 1.60. The molecule has 0 saturated carbocycles. The first-order valence-electron chi connectivity index (χ1n) is 9.18. The number of anilines is 1. The molecule has 0 spiro atoms. The van der Waals surface area contributed by atoms with Crippen LogP contribution in [-0.2, 0) is 6.61 Å². The van der Waals surface area contributed by atoms with Crippen LogP contribution in [0.25, 0.3) is 0 Å². The minimum Gasteiger partial charge on any atom is -0.497 e. The smallest absolute Gasteiger partial charge is 0.255 e. The maximum atomic E-state index is 13.0. The van der Waals surface area contributed by atoms with Gasteiger partial charge < -0.3 is 19.5 Å². The predicted octanol–water partition coefficient (Wildman–Crippen LogP) is 5.06. The number of rotatable bonds is 8. The van der Waals surface area contributed by atoms with Gasteiger partial charge in [-0.15, -0.1) is 0 Å². The first-order chi connectivity index (χ1) is 14.1. The van der Waals surface area contributed by atoms with E-state index < -0.39 is 0 Å². The molecular weight excluding hydrogens is 373 g/mol. The molecule has 3 aromatic carbocycles. The summed E-state index contributed by atoms with van der Waals surface area (Å²) >= 11 is 0. The van der Waals surface area contributed by atoms with Gasteiger partial charge in [-0.3, -0.25) is 4.79 Å². The van der Waals surface area contributed by atoms with Crippen molar-refractivity contribution in [3.05, 3.63) is 83.7 Å². The number of hydrogen-bond acceptors (Lipinski definition) is 4. The third-order valence-corrected chi connectivity index (χ3v) is 4.18. The molecule has 0 aliphatic heterocycles. The molecule has 0 atom stereocenters. The van der Waals surface area contributed by atoms with Gasteiger partial charge in [0.1, 0.15) is 29.7 Å². The second-order valence-electron chi connectivity index (χ2n) is 6.18. The summed E-state index contributed by atoms with van der Waals surface area (Å²) in [6, 6.07) is 18.0. The fourth-order valence-corrected chi connectivity index (χ4v) is 2.70. The van der Waals surface area contributed by atoms with Gasteiger partial charge in [0.25, 0.3) is 5.91 Å². The Morgan fingerprint density at radius 1 is 0.931 bits per heavy atom. The Morgan fingerprint density at radius 3 is 2.28 bits per heavy atom. The van der Waals surface area contributed by atoms with Crippen molar-refractivity contribution in [3.63, 3.8) is 0 Å². The standard InChI is InChI=1S/C23H22FNO4/c1-3-28-22-13-4-16(23(26)25-19-7-5-18(24)6-8-19)14-17(22)15-29-21-11-9-20(27-2)10-12-21/h4-14H,3,15H2,1-2H3,(H,25,26). The number of nitrogens with one attached hydrogen (secondary N) is 1. The average molecular weight is 395 g/mol. The molecule has 3 rings (SSSR count). The molecule has 5 nitrogen and oxygen atoms in total. The van der Waals surface area contributed by atoms with Crippen LogP contribution in [0.15, 0.2) is 66.7 Å². The quantitative estimate of drug-likeness (QED) is 0.579. The molecule has 0 saturated heterocycles. The SMILES string of the molecule is CCOc1ccc(C(=O)Nc2ccc(F)cc2)cc1COc1ccc(OC)cc1. The molecule has 0 bridgehead atoms. The molecule has 29 heavy (non-hydrogen) atoms. The number of methoxy groups -OCH3 is 1. The average Bonchev–Trinajstić information content (AvgIpc) is 2.75. The van der Waals surface area contributed by atoms with Crippen molar-refractivity contribution in [2.75, 3.05) is 19.0 Å². The highest BCUT2D eigenvalue weighted by atomic mass is 19.1. The van der Waals surface area contributed by atoms with Crippen molar-refractivity contribution in [2.45, 2.75) is 13.5 Å². The largest absolute Gasteiger partial charge is 0.497 e. The first-order valence-corrected chi connectivity index (χ1v) is 9.18. The Balaban J connectivity index is 1.75. The van der Waals surface area contributed by atoms with Gasteiger partial charge in [-0.1, -0.05) is 0 Å². The summed E-state index contributed by atoms with van der Waals surface area (Å²) < 4.78 is 29.7. The summed E-state index contributed by atoms with van der Waals surface area (Å²) in [6.45, 7) is 2.62. The maximum absolute atomic E-state index is 13.0. The predicted molar refractivity (Wildman–Crippen MR) is 109 cm³/mol. The van der Waals surface area contributed by atoms with Crippen LogP contribution in [-0.4, -0.2) is 19.6 Å². The number of hydrogen-bond donors (Lipinski definition) is 1. The van der Waals surface area contributed by atoms with E-state index in [-0.39, 0.29) is 18.3 Å². The Kier molecular flexibility index (Phi) is 6.68. The summed E-state index contributed by atoms with van der Waals surface area (Å²) in [5.74, 6) is 1.41. The van der Waals surface area contributed by atoms with Gasteiger partial charge >= 0.3 is 0 Å². The van der Waals surface area contributed by atoms with Crippen LogP contribution in [0, 0.1) is 5.82 Å². The summed E-state index contributed by atoms with van der Waals surface area (Å²) in [5, 5.41) is 2.75. The molecule has 1 amide bonds. The fourth-order valence-electron chi connectivity index (χ4n) is 2.70. The van der Waals surface area contributed by atoms with Crippen molar-refractivity contribution >= 4 is 11.6 Å². The molecular formula is C23H22FNO4. The minimum atomic E-state index is -0.359. The highest BCUT2D eigenvalue weighted by Gasteiger charge is 2.12. The van der Waals surface area contributed by atoms with Crippen molar-refractivity contribution < 1.29 is 23.4 Å². The fraction of sp³-hybridized carbons (Fsp3) is 0.174. The number of ether oxygens (including phenoxy) is 3. The highest BCUT2D eigenvalue weighted by Crippen LogP contribution is 2.24. The Bertz CT molecular complexity index is 956. The van der Waals surface area contributed by atoms with Crippen LogP contribution >= 0.6 is 0 Å². The van der Waals surface area contributed by atoms with Crippen LogP contribution in [0.5, 0.6) is 17.2 Å². The van der Waals surface area contributed by atoms with Gasteiger partial charge in [-0.05, 0) is 73.7 Å². The van der Waals surface area contributed by atoms with Gasteiger partial charge in [-0.25, -0.2) is 4.39 Å². The van der Waals surface area contributed by atoms with Crippen molar-refractivity contribution in [3.8, 4) is 17.2 Å². The van der Waals surface area contributed by atoms with E-state index in [1.165, 1.54) is 24.3 Å².